The molecule has 1 fully saturated rings. The molecule has 1 atom stereocenters. The van der Waals surface area contributed by atoms with E-state index in [-0.39, 0.29) is 31.0 Å². The fraction of sp³-hybridized carbons (Fsp3) is 0.440. The van der Waals surface area contributed by atoms with E-state index in [1.165, 1.54) is 0 Å². The van der Waals surface area contributed by atoms with Crippen molar-refractivity contribution in [2.45, 2.75) is 64.2 Å². The molecule has 0 aromatic heterocycles. The molecule has 178 valence electrons. The van der Waals surface area contributed by atoms with Gasteiger partial charge in [0.05, 0.1) is 12.6 Å². The van der Waals surface area contributed by atoms with E-state index in [0.717, 1.165) is 43.2 Å². The average molecular weight is 474 g/mol. The Morgan fingerprint density at radius 2 is 1.67 bits per heavy atom. The van der Waals surface area contributed by atoms with E-state index in [4.69, 9.17) is 0 Å². The van der Waals surface area contributed by atoms with Crippen molar-refractivity contribution in [2.75, 3.05) is 0 Å². The van der Waals surface area contributed by atoms with Gasteiger partial charge in [-0.2, -0.15) is 0 Å². The molecule has 0 heterocycles. The van der Waals surface area contributed by atoms with Crippen LogP contribution in [0.25, 0.3) is 0 Å². The fourth-order valence-corrected chi connectivity index (χ4v) is 5.38. The minimum Gasteiger partial charge on any atom is -0.481 e. The lowest BCUT2D eigenvalue weighted by molar-refractivity contribution is -0.138. The number of benzene rings is 2. The molecule has 3 N–H and O–H groups in total. The van der Waals surface area contributed by atoms with Crippen molar-refractivity contribution in [1.82, 2.24) is 4.90 Å². The molecular formula is C25H32NO6P. The van der Waals surface area contributed by atoms with E-state index in [0.29, 0.717) is 11.1 Å². The monoisotopic (exact) mass is 473 g/mol. The number of carbonyl (C=O) groups is 2. The highest BCUT2D eigenvalue weighted by molar-refractivity contribution is 7.50. The van der Waals surface area contributed by atoms with E-state index in [2.05, 4.69) is 0 Å². The van der Waals surface area contributed by atoms with Gasteiger partial charge in [-0.15, -0.1) is 0 Å². The van der Waals surface area contributed by atoms with Crippen LogP contribution in [-0.4, -0.2) is 37.7 Å². The number of carboxylic acid groups (broad SMARTS) is 1. The number of aliphatic carboxylic acids is 1. The summed E-state index contributed by atoms with van der Waals surface area (Å²) in [5, 5.41) is 9.66. The highest BCUT2D eigenvalue weighted by Crippen LogP contribution is 2.39. The maximum absolute atomic E-state index is 13.7. The molecule has 0 aliphatic heterocycles. The Hall–Kier alpha value is -2.47. The third-order valence-electron chi connectivity index (χ3n) is 6.27. The number of hydrogen-bond acceptors (Lipinski definition) is 3. The lowest BCUT2D eigenvalue weighted by atomic mass is 9.81. The fourth-order valence-electron chi connectivity index (χ4n) is 4.70. The van der Waals surface area contributed by atoms with Crippen LogP contribution in [0.2, 0.25) is 0 Å². The van der Waals surface area contributed by atoms with Crippen LogP contribution >= 0.6 is 7.60 Å². The van der Waals surface area contributed by atoms with E-state index < -0.39 is 19.6 Å². The SMILES string of the molecule is Cc1cccc(C(=O)N(Cc2ccc(CP(=O)(O)O)cc2)C(CC(=O)O)C2CCCCC2)c1. The standard InChI is InChI=1S/C25H32NO6P/c1-18-6-5-9-22(14-18)25(29)26(23(15-24(27)28)21-7-3-2-4-8-21)16-19-10-12-20(13-11-19)17-33(30,31)32/h5-6,9-14,21,23H,2-4,7-8,15-17H2,1H3,(H,27,28)(H2,30,31,32). The smallest absolute Gasteiger partial charge is 0.329 e. The van der Waals surface area contributed by atoms with E-state index >= 15 is 0 Å². The van der Waals surface area contributed by atoms with Gasteiger partial charge < -0.3 is 19.8 Å². The van der Waals surface area contributed by atoms with Crippen LogP contribution in [0.3, 0.4) is 0 Å². The first-order valence-corrected chi connectivity index (χ1v) is 13.1. The van der Waals surface area contributed by atoms with Gasteiger partial charge in [0.2, 0.25) is 0 Å². The summed E-state index contributed by atoms with van der Waals surface area (Å²) in [7, 11) is -4.17. The van der Waals surface area contributed by atoms with Crippen LogP contribution in [0.4, 0.5) is 0 Å². The van der Waals surface area contributed by atoms with Gasteiger partial charge in [0.25, 0.3) is 5.91 Å². The maximum atomic E-state index is 13.7. The first-order chi connectivity index (χ1) is 15.6. The molecule has 0 bridgehead atoms. The summed E-state index contributed by atoms with van der Waals surface area (Å²) in [5.41, 5.74) is 2.78. The van der Waals surface area contributed by atoms with Gasteiger partial charge in [0.15, 0.2) is 0 Å². The third kappa shape index (κ3) is 7.53. The molecule has 1 aliphatic carbocycles. The Morgan fingerprint density at radius 1 is 1.03 bits per heavy atom. The summed E-state index contributed by atoms with van der Waals surface area (Å²) in [6.07, 6.45) is 4.53. The molecule has 8 heteroatoms. The summed E-state index contributed by atoms with van der Waals surface area (Å²) in [5.74, 6) is -1.00. The quantitative estimate of drug-likeness (QED) is 0.453. The second-order valence-electron chi connectivity index (χ2n) is 9.01. The molecule has 3 rings (SSSR count). The zero-order valence-electron chi connectivity index (χ0n) is 18.9. The Bertz CT molecular complexity index is 1010. The van der Waals surface area contributed by atoms with Crippen LogP contribution < -0.4 is 0 Å². The van der Waals surface area contributed by atoms with Gasteiger partial charge in [0, 0.05) is 18.2 Å². The van der Waals surface area contributed by atoms with E-state index in [9.17, 15) is 29.0 Å². The van der Waals surface area contributed by atoms with Gasteiger partial charge in [-0.1, -0.05) is 61.2 Å². The van der Waals surface area contributed by atoms with Gasteiger partial charge in [-0.05, 0) is 48.9 Å². The molecule has 2 aromatic carbocycles. The van der Waals surface area contributed by atoms with Gasteiger partial charge in [-0.3, -0.25) is 14.2 Å². The summed E-state index contributed by atoms with van der Waals surface area (Å²) in [6, 6.07) is 13.7. The lowest BCUT2D eigenvalue weighted by Gasteiger charge is -2.38. The van der Waals surface area contributed by atoms with Crippen molar-refractivity contribution in [3.63, 3.8) is 0 Å². The average Bonchev–Trinajstić information content (AvgIpc) is 2.76. The zero-order chi connectivity index (χ0) is 24.0. The number of amides is 1. The molecule has 1 aliphatic rings. The van der Waals surface area contributed by atoms with Crippen LogP contribution in [0.15, 0.2) is 48.5 Å². The predicted octanol–water partition coefficient (Wildman–Crippen LogP) is 4.74. The number of aryl methyl sites for hydroxylation is 1. The third-order valence-corrected chi connectivity index (χ3v) is 7.05. The number of nitrogens with zero attached hydrogens (tertiary/aromatic N) is 1. The van der Waals surface area contributed by atoms with Crippen molar-refractivity contribution in [2.24, 2.45) is 5.92 Å². The molecular weight excluding hydrogens is 441 g/mol. The lowest BCUT2D eigenvalue weighted by Crippen LogP contribution is -2.46. The summed E-state index contributed by atoms with van der Waals surface area (Å²) in [4.78, 5) is 45.6. The Labute approximate surface area is 194 Å². The topological polar surface area (TPSA) is 115 Å². The second-order valence-corrected chi connectivity index (χ2v) is 10.7. The molecule has 0 radical (unpaired) electrons. The number of carbonyl (C=O) groups excluding carboxylic acids is 1. The highest BCUT2D eigenvalue weighted by atomic mass is 31.2. The van der Waals surface area contributed by atoms with Crippen LogP contribution in [-0.2, 0) is 22.1 Å². The van der Waals surface area contributed by atoms with Crippen molar-refractivity contribution >= 4 is 19.5 Å². The number of hydrogen-bond donors (Lipinski definition) is 3. The predicted molar refractivity (Wildman–Crippen MR) is 126 cm³/mol. The largest absolute Gasteiger partial charge is 0.481 e. The van der Waals surface area contributed by atoms with Crippen molar-refractivity contribution < 1.29 is 29.0 Å². The highest BCUT2D eigenvalue weighted by Gasteiger charge is 2.34. The summed E-state index contributed by atoms with van der Waals surface area (Å²) in [6.45, 7) is 2.15. The maximum Gasteiger partial charge on any atom is 0.329 e. The summed E-state index contributed by atoms with van der Waals surface area (Å²) >= 11 is 0. The molecule has 1 amide bonds. The van der Waals surface area contributed by atoms with Crippen molar-refractivity contribution in [3.8, 4) is 0 Å². The second kappa shape index (κ2) is 11.1. The molecule has 0 saturated heterocycles. The number of rotatable bonds is 9. The molecule has 1 unspecified atom stereocenters. The molecule has 0 spiro atoms. The van der Waals surface area contributed by atoms with Crippen LogP contribution in [0.1, 0.15) is 65.6 Å². The van der Waals surface area contributed by atoms with Crippen LogP contribution in [0, 0.1) is 12.8 Å². The van der Waals surface area contributed by atoms with Gasteiger partial charge >= 0.3 is 13.6 Å². The molecule has 2 aromatic rings. The first-order valence-electron chi connectivity index (χ1n) is 11.3. The van der Waals surface area contributed by atoms with E-state index in [1.54, 1.807) is 35.2 Å². The minimum atomic E-state index is -4.17. The molecule has 1 saturated carbocycles. The molecule has 33 heavy (non-hydrogen) atoms. The zero-order valence-corrected chi connectivity index (χ0v) is 19.8. The van der Waals surface area contributed by atoms with Crippen molar-refractivity contribution in [1.29, 1.82) is 0 Å². The Kier molecular flexibility index (Phi) is 8.46. The Morgan fingerprint density at radius 3 is 2.24 bits per heavy atom. The van der Waals surface area contributed by atoms with E-state index in [1.807, 2.05) is 25.1 Å². The first kappa shape index (κ1) is 25.2. The minimum absolute atomic E-state index is 0.113. The Balaban J connectivity index is 1.93. The van der Waals surface area contributed by atoms with Crippen molar-refractivity contribution in [3.05, 3.63) is 70.8 Å². The normalized spacial score (nSPS) is 15.7. The number of carboxylic acids is 1. The molecule has 7 nitrogen and oxygen atoms in total. The van der Waals surface area contributed by atoms with Gasteiger partial charge in [-0.25, -0.2) is 0 Å². The summed E-state index contributed by atoms with van der Waals surface area (Å²) < 4.78 is 11.3. The van der Waals surface area contributed by atoms with Crippen LogP contribution in [0.5, 0.6) is 0 Å². The van der Waals surface area contributed by atoms with Gasteiger partial charge in [0.1, 0.15) is 0 Å².